The summed E-state index contributed by atoms with van der Waals surface area (Å²) in [7, 11) is -1.43. The van der Waals surface area contributed by atoms with Crippen LogP contribution in [0.5, 0.6) is 0 Å². The lowest BCUT2D eigenvalue weighted by Crippen LogP contribution is -2.30. The molecule has 0 bridgehead atoms. The summed E-state index contributed by atoms with van der Waals surface area (Å²) < 4.78 is 6.22. The molecule has 88 valence electrons. The molecule has 0 spiro atoms. The van der Waals surface area contributed by atoms with E-state index in [0.717, 1.165) is 0 Å². The lowest BCUT2D eigenvalue weighted by molar-refractivity contribution is 0.248. The van der Waals surface area contributed by atoms with Gasteiger partial charge in [0.25, 0.3) is 0 Å². The van der Waals surface area contributed by atoms with E-state index in [1.54, 1.807) is 0 Å². The van der Waals surface area contributed by atoms with Crippen molar-refractivity contribution < 1.29 is 4.43 Å². The van der Waals surface area contributed by atoms with Crippen LogP contribution in [0.3, 0.4) is 0 Å². The van der Waals surface area contributed by atoms with Crippen molar-refractivity contribution in [1.29, 1.82) is 0 Å². The monoisotopic (exact) mass is 226 g/mol. The molecule has 0 radical (unpaired) electrons. The summed E-state index contributed by atoms with van der Waals surface area (Å²) in [4.78, 5) is 0. The molecule has 0 fully saturated rings. The second-order valence-corrected chi connectivity index (χ2v) is 10.6. The van der Waals surface area contributed by atoms with Gasteiger partial charge >= 0.3 is 0 Å². The number of hydrogen-bond donors (Lipinski definition) is 0. The molecule has 0 unspecified atom stereocenters. The van der Waals surface area contributed by atoms with Crippen LogP contribution in [0.2, 0.25) is 19.6 Å². The van der Waals surface area contributed by atoms with Crippen molar-refractivity contribution in [2.45, 2.75) is 53.3 Å². The van der Waals surface area contributed by atoms with Gasteiger partial charge < -0.3 is 4.43 Å². The summed E-state index contributed by atoms with van der Waals surface area (Å²) in [6.45, 7) is 13.7. The van der Waals surface area contributed by atoms with E-state index in [0.29, 0.717) is 17.8 Å². The first kappa shape index (κ1) is 12.8. The minimum atomic E-state index is -1.43. The van der Waals surface area contributed by atoms with Gasteiger partial charge in [-0.25, -0.2) is 0 Å². The molecule has 0 aromatic carbocycles. The average molecular weight is 226 g/mol. The molecule has 0 amide bonds. The highest BCUT2D eigenvalue weighted by Gasteiger charge is 2.28. The minimum absolute atomic E-state index is 0.660. The van der Waals surface area contributed by atoms with Crippen LogP contribution in [0, 0.1) is 17.8 Å². The van der Waals surface area contributed by atoms with Crippen molar-refractivity contribution in [3.63, 3.8) is 0 Å². The summed E-state index contributed by atoms with van der Waals surface area (Å²) in [5, 5.41) is 0. The summed E-state index contributed by atoms with van der Waals surface area (Å²) in [5.41, 5.74) is 0. The molecule has 1 rings (SSSR count). The van der Waals surface area contributed by atoms with Gasteiger partial charge in [0, 0.05) is 5.92 Å². The van der Waals surface area contributed by atoms with Crippen LogP contribution >= 0.6 is 0 Å². The van der Waals surface area contributed by atoms with Crippen molar-refractivity contribution in [2.75, 3.05) is 0 Å². The van der Waals surface area contributed by atoms with Crippen LogP contribution in [-0.2, 0) is 4.43 Å². The predicted molar refractivity (Wildman–Crippen MR) is 69.2 cm³/mol. The topological polar surface area (TPSA) is 9.23 Å². The summed E-state index contributed by atoms with van der Waals surface area (Å²) in [5.74, 6) is 3.36. The van der Waals surface area contributed by atoms with E-state index < -0.39 is 8.32 Å². The summed E-state index contributed by atoms with van der Waals surface area (Å²) in [6.07, 6.45) is 4.99. The molecule has 0 saturated carbocycles. The molecule has 0 saturated heterocycles. The van der Waals surface area contributed by atoms with Gasteiger partial charge in [-0.3, -0.25) is 0 Å². The summed E-state index contributed by atoms with van der Waals surface area (Å²) in [6, 6.07) is 0. The van der Waals surface area contributed by atoms with Crippen molar-refractivity contribution in [2.24, 2.45) is 17.8 Å². The Balaban J connectivity index is 2.78. The van der Waals surface area contributed by atoms with Gasteiger partial charge in [-0.15, -0.1) is 0 Å². The first-order valence-electron chi connectivity index (χ1n) is 6.20. The molecular weight excluding hydrogens is 200 g/mol. The number of hydrogen-bond acceptors (Lipinski definition) is 1. The standard InChI is InChI=1S/C13H26OSi/c1-10(2)12-8-7-11(3)9-13(12)14-15(4,5)6/h9-12H,7-8H2,1-6H3/t11-,12+/m1/s1. The van der Waals surface area contributed by atoms with Crippen LogP contribution in [-0.4, -0.2) is 8.32 Å². The van der Waals surface area contributed by atoms with Gasteiger partial charge in [-0.05, 0) is 50.4 Å². The van der Waals surface area contributed by atoms with Crippen molar-refractivity contribution in [3.05, 3.63) is 11.8 Å². The second kappa shape index (κ2) is 4.73. The normalized spacial score (nSPS) is 27.8. The Morgan fingerprint density at radius 1 is 1.27 bits per heavy atom. The molecule has 2 heteroatoms. The Morgan fingerprint density at radius 2 is 1.87 bits per heavy atom. The maximum atomic E-state index is 6.22. The Morgan fingerprint density at radius 3 is 2.33 bits per heavy atom. The van der Waals surface area contributed by atoms with E-state index in [4.69, 9.17) is 4.43 Å². The van der Waals surface area contributed by atoms with Crippen LogP contribution in [0.1, 0.15) is 33.6 Å². The van der Waals surface area contributed by atoms with Gasteiger partial charge in [0.05, 0.1) is 5.76 Å². The fraction of sp³-hybridized carbons (Fsp3) is 0.846. The smallest absolute Gasteiger partial charge is 0.241 e. The van der Waals surface area contributed by atoms with Crippen molar-refractivity contribution >= 4 is 8.32 Å². The van der Waals surface area contributed by atoms with Crippen LogP contribution in [0.4, 0.5) is 0 Å². The van der Waals surface area contributed by atoms with E-state index in [-0.39, 0.29) is 0 Å². The van der Waals surface area contributed by atoms with Crippen molar-refractivity contribution in [1.82, 2.24) is 0 Å². The molecular formula is C13H26OSi. The van der Waals surface area contributed by atoms with Crippen molar-refractivity contribution in [3.8, 4) is 0 Å². The first-order valence-corrected chi connectivity index (χ1v) is 9.61. The Bertz CT molecular complexity index is 237. The molecule has 0 N–H and O–H groups in total. The molecule has 1 nitrogen and oxygen atoms in total. The Labute approximate surface area is 96.0 Å². The zero-order valence-electron chi connectivity index (χ0n) is 11.1. The predicted octanol–water partition coefficient (Wildman–Crippen LogP) is 4.42. The first-order chi connectivity index (χ1) is 6.79. The fourth-order valence-electron chi connectivity index (χ4n) is 2.20. The van der Waals surface area contributed by atoms with Gasteiger partial charge in [0.15, 0.2) is 0 Å². The van der Waals surface area contributed by atoms with Gasteiger partial charge in [0.1, 0.15) is 0 Å². The molecule has 2 atom stereocenters. The van der Waals surface area contributed by atoms with E-state index in [2.05, 4.69) is 46.5 Å². The highest BCUT2D eigenvalue weighted by molar-refractivity contribution is 6.70. The zero-order valence-corrected chi connectivity index (χ0v) is 12.1. The lowest BCUT2D eigenvalue weighted by Gasteiger charge is -2.34. The Hall–Kier alpha value is -0.243. The largest absolute Gasteiger partial charge is 0.547 e. The number of allylic oxidation sites excluding steroid dienone is 2. The molecule has 0 heterocycles. The second-order valence-electron chi connectivity index (χ2n) is 6.19. The van der Waals surface area contributed by atoms with Crippen LogP contribution < -0.4 is 0 Å². The van der Waals surface area contributed by atoms with Gasteiger partial charge in [-0.1, -0.05) is 20.8 Å². The number of rotatable bonds is 3. The maximum Gasteiger partial charge on any atom is 0.241 e. The van der Waals surface area contributed by atoms with E-state index in [1.165, 1.54) is 18.6 Å². The third-order valence-corrected chi connectivity index (χ3v) is 3.82. The summed E-state index contributed by atoms with van der Waals surface area (Å²) >= 11 is 0. The van der Waals surface area contributed by atoms with E-state index >= 15 is 0 Å². The molecule has 0 aromatic heterocycles. The highest BCUT2D eigenvalue weighted by Crippen LogP contribution is 2.35. The minimum Gasteiger partial charge on any atom is -0.547 e. The zero-order chi connectivity index (χ0) is 11.6. The quantitative estimate of drug-likeness (QED) is 0.647. The maximum absolute atomic E-state index is 6.22. The molecule has 1 aliphatic carbocycles. The average Bonchev–Trinajstić information content (AvgIpc) is 1.99. The molecule has 15 heavy (non-hydrogen) atoms. The third kappa shape index (κ3) is 4.02. The van der Waals surface area contributed by atoms with Crippen LogP contribution in [0.25, 0.3) is 0 Å². The van der Waals surface area contributed by atoms with E-state index in [9.17, 15) is 0 Å². The molecule has 1 aliphatic rings. The lowest BCUT2D eigenvalue weighted by atomic mass is 9.81. The highest BCUT2D eigenvalue weighted by atomic mass is 28.4. The van der Waals surface area contributed by atoms with Gasteiger partial charge in [0.2, 0.25) is 8.32 Å². The van der Waals surface area contributed by atoms with Crippen LogP contribution in [0.15, 0.2) is 11.8 Å². The Kier molecular flexibility index (Phi) is 4.04. The SMILES string of the molecule is CC(C)[C@@H]1CC[C@@H](C)C=C1O[Si](C)(C)C. The van der Waals surface area contributed by atoms with Gasteiger partial charge in [-0.2, -0.15) is 0 Å². The van der Waals surface area contributed by atoms with E-state index in [1.807, 2.05) is 0 Å². The fourth-order valence-corrected chi connectivity index (χ4v) is 3.12. The molecule has 0 aliphatic heterocycles. The third-order valence-electron chi connectivity index (χ3n) is 2.98. The molecule has 0 aromatic rings.